The molecule has 0 aromatic heterocycles. The van der Waals surface area contributed by atoms with Gasteiger partial charge in [0.15, 0.2) is 5.78 Å². The number of ketones is 1. The highest BCUT2D eigenvalue weighted by Crippen LogP contribution is 2.33. The number of alkyl halides is 1. The van der Waals surface area contributed by atoms with E-state index in [-0.39, 0.29) is 29.3 Å². The van der Waals surface area contributed by atoms with E-state index >= 15 is 0 Å². The maximum absolute atomic E-state index is 14.3. The van der Waals surface area contributed by atoms with Gasteiger partial charge in [0.25, 0.3) is 0 Å². The van der Waals surface area contributed by atoms with Crippen molar-refractivity contribution in [1.82, 2.24) is 0 Å². The normalized spacial score (nSPS) is 17.3. The zero-order chi connectivity index (χ0) is 25.0. The van der Waals surface area contributed by atoms with E-state index in [4.69, 9.17) is 14.6 Å². The predicted molar refractivity (Wildman–Crippen MR) is 124 cm³/mol. The van der Waals surface area contributed by atoms with Crippen molar-refractivity contribution in [2.75, 3.05) is 13.2 Å². The van der Waals surface area contributed by atoms with E-state index in [9.17, 15) is 24.5 Å². The first-order valence-electron chi connectivity index (χ1n) is 11.5. The molecule has 1 aliphatic heterocycles. The van der Waals surface area contributed by atoms with Gasteiger partial charge in [0.05, 0.1) is 6.61 Å². The van der Waals surface area contributed by atoms with E-state index in [0.717, 1.165) is 23.3 Å². The highest BCUT2D eigenvalue weighted by molar-refractivity contribution is 6.01. The van der Waals surface area contributed by atoms with Crippen LogP contribution in [0.2, 0.25) is 0 Å². The topological polar surface area (TPSA) is 116 Å². The number of carbonyl (C=O) groups is 1. The Balaban J connectivity index is 1.74. The van der Waals surface area contributed by atoms with Gasteiger partial charge in [-0.1, -0.05) is 19.1 Å². The maximum Gasteiger partial charge on any atom is 0.170 e. The second-order valence-corrected chi connectivity index (χ2v) is 9.03. The van der Waals surface area contributed by atoms with Crippen molar-refractivity contribution < 1.29 is 39.1 Å². The number of hydrogen-bond acceptors (Lipinski definition) is 7. The van der Waals surface area contributed by atoms with Crippen LogP contribution >= 0.6 is 0 Å². The zero-order valence-corrected chi connectivity index (χ0v) is 19.7. The summed E-state index contributed by atoms with van der Waals surface area (Å²) in [4.78, 5) is 13.1. The highest BCUT2D eigenvalue weighted by atomic mass is 19.1. The van der Waals surface area contributed by atoms with Crippen LogP contribution in [0.25, 0.3) is 0 Å². The second-order valence-electron chi connectivity index (χ2n) is 9.03. The fourth-order valence-electron chi connectivity index (χ4n) is 4.06. The largest absolute Gasteiger partial charge is 0.507 e. The summed E-state index contributed by atoms with van der Waals surface area (Å²) >= 11 is 0. The first-order chi connectivity index (χ1) is 16.1. The molecule has 0 aliphatic carbocycles. The number of benzene rings is 2. The number of carbonyl (C=O) groups excluding carboxylic acids is 1. The number of aliphatic hydroxyl groups is 3. The lowest BCUT2D eigenvalue weighted by Gasteiger charge is -2.29. The molecular formula is C26H33FO7. The van der Waals surface area contributed by atoms with Crippen molar-refractivity contribution >= 4 is 5.78 Å². The van der Waals surface area contributed by atoms with Gasteiger partial charge in [-0.15, -0.1) is 0 Å². The van der Waals surface area contributed by atoms with Gasteiger partial charge in [0.1, 0.15) is 47.3 Å². The molecule has 1 heterocycles. The van der Waals surface area contributed by atoms with Crippen LogP contribution in [0.4, 0.5) is 4.39 Å². The van der Waals surface area contributed by atoms with Gasteiger partial charge in [-0.3, -0.25) is 4.79 Å². The van der Waals surface area contributed by atoms with Crippen LogP contribution in [0.15, 0.2) is 30.3 Å². The van der Waals surface area contributed by atoms with Crippen LogP contribution in [-0.4, -0.2) is 63.9 Å². The number of fused-ring (bicyclic) bond motifs is 1. The number of ether oxygens (including phenoxy) is 2. The standard InChI is InChI=1S/C26H33FO7/c1-14-10-20(30)23(19(29)6-4-17-5-7-21-18(12-17)8-9-33-21)22(11-14)34-16(3)25(31)26(32)24(27)15(2)13-28/h5,7,10-12,15-16,24-26,28,30-32H,4,6,8-9,13H2,1-3H3. The van der Waals surface area contributed by atoms with Gasteiger partial charge in [-0.2, -0.15) is 0 Å². The van der Waals surface area contributed by atoms with Crippen molar-refractivity contribution in [3.05, 3.63) is 52.6 Å². The molecular weight excluding hydrogens is 443 g/mol. The molecule has 1 aliphatic rings. The molecule has 0 spiro atoms. The lowest BCUT2D eigenvalue weighted by molar-refractivity contribution is -0.0879. The summed E-state index contributed by atoms with van der Waals surface area (Å²) in [6.45, 7) is 4.72. The third-order valence-corrected chi connectivity index (χ3v) is 6.20. The summed E-state index contributed by atoms with van der Waals surface area (Å²) in [6, 6.07) is 8.82. The molecule has 0 bridgehead atoms. The number of aromatic hydroxyl groups is 1. The molecule has 186 valence electrons. The highest BCUT2D eigenvalue weighted by Gasteiger charge is 2.35. The van der Waals surface area contributed by atoms with Crippen LogP contribution in [0.5, 0.6) is 17.2 Å². The fourth-order valence-corrected chi connectivity index (χ4v) is 4.06. The Morgan fingerprint density at radius 1 is 1.18 bits per heavy atom. The fraction of sp³-hybridized carbons (Fsp3) is 0.500. The summed E-state index contributed by atoms with van der Waals surface area (Å²) < 4.78 is 25.6. The molecule has 4 N–H and O–H groups in total. The van der Waals surface area contributed by atoms with E-state index in [1.807, 2.05) is 18.2 Å². The number of aryl methyl sites for hydroxylation is 2. The molecule has 5 unspecified atom stereocenters. The van der Waals surface area contributed by atoms with Gasteiger partial charge < -0.3 is 29.9 Å². The Morgan fingerprint density at radius 2 is 1.91 bits per heavy atom. The molecule has 0 saturated heterocycles. The van der Waals surface area contributed by atoms with Crippen LogP contribution in [0, 0.1) is 12.8 Å². The molecule has 7 nitrogen and oxygen atoms in total. The molecule has 5 atom stereocenters. The average Bonchev–Trinajstić information content (AvgIpc) is 3.28. The molecule has 8 heteroatoms. The SMILES string of the molecule is Cc1cc(O)c(C(=O)CCc2ccc3c(c2)CCO3)c(OC(C)C(O)C(O)C(F)C(C)CO)c1. The summed E-state index contributed by atoms with van der Waals surface area (Å²) in [7, 11) is 0. The molecule has 0 fully saturated rings. The van der Waals surface area contributed by atoms with Crippen molar-refractivity contribution in [3.63, 3.8) is 0 Å². The van der Waals surface area contributed by atoms with Crippen LogP contribution in [-0.2, 0) is 12.8 Å². The third-order valence-electron chi connectivity index (χ3n) is 6.20. The Morgan fingerprint density at radius 3 is 2.62 bits per heavy atom. The summed E-state index contributed by atoms with van der Waals surface area (Å²) in [6.07, 6.45) is -4.97. The number of rotatable bonds is 11. The van der Waals surface area contributed by atoms with Crippen molar-refractivity contribution in [3.8, 4) is 17.2 Å². The summed E-state index contributed by atoms with van der Waals surface area (Å²) in [5, 5.41) is 40.2. The number of hydrogen-bond donors (Lipinski definition) is 4. The van der Waals surface area contributed by atoms with E-state index in [1.165, 1.54) is 19.9 Å². The second kappa shape index (κ2) is 11.2. The van der Waals surface area contributed by atoms with Crippen molar-refractivity contribution in [2.45, 2.75) is 64.5 Å². The lowest BCUT2D eigenvalue weighted by atomic mass is 9.96. The zero-order valence-electron chi connectivity index (χ0n) is 19.7. The quantitative estimate of drug-likeness (QED) is 0.369. The molecule has 0 amide bonds. The Hall–Kier alpha value is -2.68. The van der Waals surface area contributed by atoms with Crippen LogP contribution in [0.3, 0.4) is 0 Å². The molecule has 0 saturated carbocycles. The molecule has 34 heavy (non-hydrogen) atoms. The minimum atomic E-state index is -1.87. The Labute approximate surface area is 198 Å². The van der Waals surface area contributed by atoms with Crippen LogP contribution in [0.1, 0.15) is 47.3 Å². The predicted octanol–water partition coefficient (Wildman–Crippen LogP) is 2.91. The first kappa shape index (κ1) is 25.9. The number of aliphatic hydroxyl groups excluding tert-OH is 3. The summed E-state index contributed by atoms with van der Waals surface area (Å²) in [5.41, 5.74) is 2.69. The van der Waals surface area contributed by atoms with E-state index < -0.39 is 37.0 Å². The van der Waals surface area contributed by atoms with E-state index in [1.54, 1.807) is 13.0 Å². The van der Waals surface area contributed by atoms with Gasteiger partial charge >= 0.3 is 0 Å². The molecule has 2 aromatic rings. The van der Waals surface area contributed by atoms with Crippen molar-refractivity contribution in [2.24, 2.45) is 5.92 Å². The summed E-state index contributed by atoms with van der Waals surface area (Å²) in [5.74, 6) is -0.553. The molecule has 0 radical (unpaired) electrons. The minimum absolute atomic E-state index is 0.0239. The van der Waals surface area contributed by atoms with Crippen LogP contribution < -0.4 is 9.47 Å². The average molecular weight is 477 g/mol. The number of Topliss-reactive ketones (excluding diaryl/α,β-unsaturated/α-hetero) is 1. The third kappa shape index (κ3) is 5.87. The van der Waals surface area contributed by atoms with Crippen molar-refractivity contribution in [1.29, 1.82) is 0 Å². The van der Waals surface area contributed by atoms with E-state index in [0.29, 0.717) is 18.6 Å². The van der Waals surface area contributed by atoms with Gasteiger partial charge in [0, 0.05) is 25.4 Å². The molecule has 3 rings (SSSR count). The number of halogens is 1. The minimum Gasteiger partial charge on any atom is -0.507 e. The van der Waals surface area contributed by atoms with Gasteiger partial charge in [0.2, 0.25) is 0 Å². The molecule has 2 aromatic carbocycles. The van der Waals surface area contributed by atoms with Gasteiger partial charge in [-0.25, -0.2) is 4.39 Å². The maximum atomic E-state index is 14.3. The Bertz CT molecular complexity index is 1010. The number of phenolic OH excluding ortho intramolecular Hbond substituents is 1. The smallest absolute Gasteiger partial charge is 0.170 e. The monoisotopic (exact) mass is 476 g/mol. The number of phenols is 1. The van der Waals surface area contributed by atoms with E-state index in [2.05, 4.69) is 0 Å². The first-order valence-corrected chi connectivity index (χ1v) is 11.5. The van der Waals surface area contributed by atoms with Gasteiger partial charge in [-0.05, 0) is 55.2 Å². The Kier molecular flexibility index (Phi) is 8.52. The lowest BCUT2D eigenvalue weighted by Crippen LogP contribution is -2.46.